The molecule has 6 nitrogen and oxygen atoms in total. The Bertz CT molecular complexity index is 549. The first-order chi connectivity index (χ1) is 10.7. The SMILES string of the molecule is CC(C)(C)C(=O)NCCC(=O)N(CC(=O)O)Cc1ccccc1. The summed E-state index contributed by atoms with van der Waals surface area (Å²) in [4.78, 5) is 36.2. The first-order valence-electron chi connectivity index (χ1n) is 7.52. The van der Waals surface area contributed by atoms with E-state index in [1.807, 2.05) is 30.3 Å². The molecular weight excluding hydrogens is 296 g/mol. The minimum Gasteiger partial charge on any atom is -0.480 e. The smallest absolute Gasteiger partial charge is 0.323 e. The molecule has 0 radical (unpaired) electrons. The summed E-state index contributed by atoms with van der Waals surface area (Å²) in [5.41, 5.74) is 0.342. The van der Waals surface area contributed by atoms with Crippen molar-refractivity contribution in [2.45, 2.75) is 33.7 Å². The van der Waals surface area contributed by atoms with E-state index in [9.17, 15) is 14.4 Å². The molecular formula is C17H24N2O4. The number of carboxylic acid groups (broad SMARTS) is 1. The summed E-state index contributed by atoms with van der Waals surface area (Å²) in [5.74, 6) is -1.50. The molecule has 0 aliphatic heterocycles. The number of hydrogen-bond acceptors (Lipinski definition) is 3. The molecule has 0 atom stereocenters. The van der Waals surface area contributed by atoms with Crippen molar-refractivity contribution < 1.29 is 19.5 Å². The van der Waals surface area contributed by atoms with Crippen LogP contribution < -0.4 is 5.32 Å². The third kappa shape index (κ3) is 6.95. The standard InChI is InChI=1S/C17H24N2O4/c1-17(2,3)16(23)18-10-9-14(20)19(12-15(21)22)11-13-7-5-4-6-8-13/h4-8H,9-12H2,1-3H3,(H,18,23)(H,21,22). The van der Waals surface area contributed by atoms with Gasteiger partial charge in [0.25, 0.3) is 0 Å². The summed E-state index contributed by atoms with van der Waals surface area (Å²) in [5, 5.41) is 11.7. The molecule has 126 valence electrons. The Morgan fingerprint density at radius 3 is 2.26 bits per heavy atom. The number of carboxylic acids is 1. The maximum Gasteiger partial charge on any atom is 0.323 e. The largest absolute Gasteiger partial charge is 0.480 e. The fourth-order valence-electron chi connectivity index (χ4n) is 1.91. The summed E-state index contributed by atoms with van der Waals surface area (Å²) in [6, 6.07) is 9.20. The third-order valence-corrected chi connectivity index (χ3v) is 3.20. The van der Waals surface area contributed by atoms with E-state index in [0.717, 1.165) is 5.56 Å². The van der Waals surface area contributed by atoms with E-state index < -0.39 is 11.4 Å². The molecule has 0 heterocycles. The molecule has 6 heteroatoms. The van der Waals surface area contributed by atoms with Gasteiger partial charge < -0.3 is 15.3 Å². The Kier molecular flexibility index (Phi) is 6.75. The molecule has 2 N–H and O–H groups in total. The van der Waals surface area contributed by atoms with Crippen molar-refractivity contribution in [2.75, 3.05) is 13.1 Å². The van der Waals surface area contributed by atoms with E-state index in [0.29, 0.717) is 0 Å². The Morgan fingerprint density at radius 1 is 1.13 bits per heavy atom. The van der Waals surface area contributed by atoms with Gasteiger partial charge in [-0.15, -0.1) is 0 Å². The molecule has 0 aromatic heterocycles. The highest BCUT2D eigenvalue weighted by molar-refractivity contribution is 5.83. The van der Waals surface area contributed by atoms with Crippen molar-refractivity contribution in [2.24, 2.45) is 5.41 Å². The molecule has 2 amide bonds. The zero-order chi connectivity index (χ0) is 17.5. The number of carbonyl (C=O) groups is 3. The fraction of sp³-hybridized carbons (Fsp3) is 0.471. The highest BCUT2D eigenvalue weighted by atomic mass is 16.4. The summed E-state index contributed by atoms with van der Waals surface area (Å²) in [6.07, 6.45) is 0.0714. The predicted molar refractivity (Wildman–Crippen MR) is 86.6 cm³/mol. The van der Waals surface area contributed by atoms with Gasteiger partial charge in [0.05, 0.1) is 0 Å². The maximum atomic E-state index is 12.2. The molecule has 0 saturated carbocycles. The van der Waals surface area contributed by atoms with E-state index in [1.165, 1.54) is 4.90 Å². The second-order valence-electron chi connectivity index (χ2n) is 6.39. The van der Waals surface area contributed by atoms with Gasteiger partial charge in [-0.1, -0.05) is 51.1 Å². The van der Waals surface area contributed by atoms with Gasteiger partial charge in [0.1, 0.15) is 6.54 Å². The van der Waals surface area contributed by atoms with Crippen LogP contribution in [0.2, 0.25) is 0 Å². The number of rotatable bonds is 7. The third-order valence-electron chi connectivity index (χ3n) is 3.20. The lowest BCUT2D eigenvalue weighted by atomic mass is 9.96. The Balaban J connectivity index is 2.59. The summed E-state index contributed by atoms with van der Waals surface area (Å²) in [6.45, 7) is 5.43. The Labute approximate surface area is 136 Å². The van der Waals surface area contributed by atoms with E-state index in [2.05, 4.69) is 5.32 Å². The van der Waals surface area contributed by atoms with Crippen molar-refractivity contribution in [3.05, 3.63) is 35.9 Å². The maximum absolute atomic E-state index is 12.2. The van der Waals surface area contributed by atoms with Gasteiger partial charge >= 0.3 is 5.97 Å². The number of benzene rings is 1. The average Bonchev–Trinajstić information content (AvgIpc) is 2.46. The van der Waals surface area contributed by atoms with Crippen molar-refractivity contribution in [1.29, 1.82) is 0 Å². The first kappa shape index (κ1) is 18.7. The van der Waals surface area contributed by atoms with Crippen molar-refractivity contribution >= 4 is 17.8 Å². The zero-order valence-corrected chi connectivity index (χ0v) is 13.8. The topological polar surface area (TPSA) is 86.7 Å². The van der Waals surface area contributed by atoms with Gasteiger partial charge in [0, 0.05) is 24.9 Å². The fourth-order valence-corrected chi connectivity index (χ4v) is 1.91. The van der Waals surface area contributed by atoms with Gasteiger partial charge in [0.2, 0.25) is 11.8 Å². The normalized spacial score (nSPS) is 10.9. The van der Waals surface area contributed by atoms with Crippen LogP contribution in [0, 0.1) is 5.41 Å². The lowest BCUT2D eigenvalue weighted by Crippen LogP contribution is -2.39. The summed E-state index contributed by atoms with van der Waals surface area (Å²) in [7, 11) is 0. The molecule has 0 unspecified atom stereocenters. The molecule has 0 bridgehead atoms. The van der Waals surface area contributed by atoms with E-state index in [4.69, 9.17) is 5.11 Å². The lowest BCUT2D eigenvalue weighted by molar-refractivity contribution is -0.145. The van der Waals surface area contributed by atoms with Crippen LogP contribution in [-0.4, -0.2) is 40.9 Å². The number of hydrogen-bond donors (Lipinski definition) is 2. The predicted octanol–water partition coefficient (Wildman–Crippen LogP) is 1.65. The van der Waals surface area contributed by atoms with Crippen molar-refractivity contribution in [3.8, 4) is 0 Å². The van der Waals surface area contributed by atoms with Crippen LogP contribution in [0.15, 0.2) is 30.3 Å². The molecule has 1 aromatic rings. The van der Waals surface area contributed by atoms with Gasteiger partial charge in [-0.2, -0.15) is 0 Å². The van der Waals surface area contributed by atoms with Crippen LogP contribution in [0.1, 0.15) is 32.8 Å². The molecule has 1 rings (SSSR count). The zero-order valence-electron chi connectivity index (χ0n) is 13.8. The van der Waals surface area contributed by atoms with Gasteiger partial charge in [0.15, 0.2) is 0 Å². The number of nitrogens with zero attached hydrogens (tertiary/aromatic N) is 1. The Hall–Kier alpha value is -2.37. The Morgan fingerprint density at radius 2 is 1.74 bits per heavy atom. The van der Waals surface area contributed by atoms with E-state index in [1.54, 1.807) is 20.8 Å². The van der Waals surface area contributed by atoms with E-state index >= 15 is 0 Å². The van der Waals surface area contributed by atoms with Crippen LogP contribution in [0.4, 0.5) is 0 Å². The molecule has 0 spiro atoms. The minimum absolute atomic E-state index is 0.0714. The van der Waals surface area contributed by atoms with Crippen molar-refractivity contribution in [3.63, 3.8) is 0 Å². The quantitative estimate of drug-likeness (QED) is 0.800. The second kappa shape index (κ2) is 8.31. The number of carbonyl (C=O) groups excluding carboxylic acids is 2. The number of amides is 2. The number of nitrogens with one attached hydrogen (secondary N) is 1. The molecule has 0 fully saturated rings. The lowest BCUT2D eigenvalue weighted by Gasteiger charge is -2.22. The van der Waals surface area contributed by atoms with Gasteiger partial charge in [-0.25, -0.2) is 0 Å². The van der Waals surface area contributed by atoms with Gasteiger partial charge in [-0.3, -0.25) is 14.4 Å². The summed E-state index contributed by atoms with van der Waals surface area (Å²) < 4.78 is 0. The van der Waals surface area contributed by atoms with Crippen LogP contribution in [-0.2, 0) is 20.9 Å². The van der Waals surface area contributed by atoms with E-state index in [-0.39, 0.29) is 37.9 Å². The second-order valence-corrected chi connectivity index (χ2v) is 6.39. The van der Waals surface area contributed by atoms with Gasteiger partial charge in [-0.05, 0) is 5.56 Å². The van der Waals surface area contributed by atoms with Crippen LogP contribution >= 0.6 is 0 Å². The van der Waals surface area contributed by atoms with Crippen LogP contribution in [0.25, 0.3) is 0 Å². The average molecular weight is 320 g/mol. The van der Waals surface area contributed by atoms with Crippen molar-refractivity contribution in [1.82, 2.24) is 10.2 Å². The number of aliphatic carboxylic acids is 1. The summed E-state index contributed by atoms with van der Waals surface area (Å²) >= 11 is 0. The highest BCUT2D eigenvalue weighted by Crippen LogP contribution is 2.12. The van der Waals surface area contributed by atoms with Crippen LogP contribution in [0.3, 0.4) is 0 Å². The molecule has 1 aromatic carbocycles. The minimum atomic E-state index is -1.06. The highest BCUT2D eigenvalue weighted by Gasteiger charge is 2.22. The first-order valence-corrected chi connectivity index (χ1v) is 7.52. The molecule has 23 heavy (non-hydrogen) atoms. The molecule has 0 saturated heterocycles. The monoisotopic (exact) mass is 320 g/mol. The molecule has 0 aliphatic rings. The molecule has 0 aliphatic carbocycles. The van der Waals surface area contributed by atoms with Crippen LogP contribution in [0.5, 0.6) is 0 Å².